The first-order valence-corrected chi connectivity index (χ1v) is 9.88. The second kappa shape index (κ2) is 9.35. The Balaban J connectivity index is 1.58. The van der Waals surface area contributed by atoms with Gasteiger partial charge in [0.05, 0.1) is 18.3 Å². The summed E-state index contributed by atoms with van der Waals surface area (Å²) >= 11 is 0. The van der Waals surface area contributed by atoms with E-state index in [1.807, 2.05) is 56.3 Å². The molecule has 2 aromatic rings. The van der Waals surface area contributed by atoms with E-state index in [1.54, 1.807) is 6.20 Å². The summed E-state index contributed by atoms with van der Waals surface area (Å²) in [5.74, 6) is 0.512. The highest BCUT2D eigenvalue weighted by atomic mass is 16.2. The Morgan fingerprint density at radius 3 is 2.39 bits per heavy atom. The van der Waals surface area contributed by atoms with Crippen molar-refractivity contribution in [2.24, 2.45) is 5.92 Å². The molecule has 1 fully saturated rings. The molecular formula is C22H28N4O2. The second-order valence-electron chi connectivity index (χ2n) is 7.54. The van der Waals surface area contributed by atoms with Gasteiger partial charge in [-0.3, -0.25) is 9.59 Å². The van der Waals surface area contributed by atoms with Crippen LogP contribution in [0.2, 0.25) is 0 Å². The Morgan fingerprint density at radius 2 is 1.79 bits per heavy atom. The fourth-order valence-corrected chi connectivity index (χ4v) is 3.35. The third kappa shape index (κ3) is 5.31. The molecule has 2 heterocycles. The van der Waals surface area contributed by atoms with Crippen LogP contribution in [0.5, 0.6) is 0 Å². The highest BCUT2D eigenvalue weighted by Crippen LogP contribution is 2.19. The predicted molar refractivity (Wildman–Crippen MR) is 111 cm³/mol. The minimum atomic E-state index is -0.602. The summed E-state index contributed by atoms with van der Waals surface area (Å²) in [7, 11) is 0. The van der Waals surface area contributed by atoms with Gasteiger partial charge in [0, 0.05) is 13.1 Å². The summed E-state index contributed by atoms with van der Waals surface area (Å²) in [6, 6.07) is 12.7. The average molecular weight is 380 g/mol. The van der Waals surface area contributed by atoms with Crippen LogP contribution in [0.3, 0.4) is 0 Å². The first-order valence-electron chi connectivity index (χ1n) is 9.88. The molecule has 1 saturated heterocycles. The maximum atomic E-state index is 12.7. The molecule has 1 aromatic heterocycles. The maximum Gasteiger partial charge on any atom is 0.247 e. The van der Waals surface area contributed by atoms with E-state index < -0.39 is 6.04 Å². The zero-order chi connectivity index (χ0) is 19.9. The van der Waals surface area contributed by atoms with E-state index in [-0.39, 0.29) is 24.2 Å². The van der Waals surface area contributed by atoms with E-state index in [2.05, 4.69) is 20.5 Å². The van der Waals surface area contributed by atoms with Crippen LogP contribution in [0.1, 0.15) is 32.3 Å². The lowest BCUT2D eigenvalue weighted by Crippen LogP contribution is -2.47. The lowest BCUT2D eigenvalue weighted by molar-refractivity contribution is -0.127. The van der Waals surface area contributed by atoms with Crippen LogP contribution >= 0.6 is 0 Å². The highest BCUT2D eigenvalue weighted by Gasteiger charge is 2.24. The summed E-state index contributed by atoms with van der Waals surface area (Å²) in [5, 5.41) is 5.74. The molecule has 2 amide bonds. The van der Waals surface area contributed by atoms with Gasteiger partial charge < -0.3 is 15.5 Å². The molecule has 1 aliphatic rings. The van der Waals surface area contributed by atoms with Crippen LogP contribution in [0, 0.1) is 5.92 Å². The molecule has 28 heavy (non-hydrogen) atoms. The highest BCUT2D eigenvalue weighted by molar-refractivity contribution is 5.97. The zero-order valence-electron chi connectivity index (χ0n) is 16.5. The average Bonchev–Trinajstić information content (AvgIpc) is 3.22. The molecule has 6 nitrogen and oxygen atoms in total. The molecule has 1 unspecified atom stereocenters. The van der Waals surface area contributed by atoms with Crippen LogP contribution in [0.4, 0.5) is 11.5 Å². The minimum Gasteiger partial charge on any atom is -0.357 e. The number of rotatable bonds is 7. The van der Waals surface area contributed by atoms with Gasteiger partial charge in [-0.1, -0.05) is 44.2 Å². The SMILES string of the molecule is CC(C)C(NC(=O)Cc1ccccc1)C(=O)Nc1ccc(N2CCCC2)nc1. The van der Waals surface area contributed by atoms with Gasteiger partial charge in [-0.15, -0.1) is 0 Å². The fourth-order valence-electron chi connectivity index (χ4n) is 3.35. The Kier molecular flexibility index (Phi) is 6.63. The third-order valence-electron chi connectivity index (χ3n) is 4.92. The van der Waals surface area contributed by atoms with Crippen molar-refractivity contribution in [2.45, 2.75) is 39.2 Å². The van der Waals surface area contributed by atoms with Gasteiger partial charge in [0.15, 0.2) is 0 Å². The molecule has 148 valence electrons. The number of carbonyl (C=O) groups excluding carboxylic acids is 2. The van der Waals surface area contributed by atoms with Crippen molar-refractivity contribution in [2.75, 3.05) is 23.3 Å². The van der Waals surface area contributed by atoms with E-state index in [9.17, 15) is 9.59 Å². The van der Waals surface area contributed by atoms with E-state index >= 15 is 0 Å². The number of nitrogens with one attached hydrogen (secondary N) is 2. The summed E-state index contributed by atoms with van der Waals surface area (Å²) in [6.07, 6.45) is 4.32. The molecule has 1 aliphatic heterocycles. The quantitative estimate of drug-likeness (QED) is 0.774. The van der Waals surface area contributed by atoms with E-state index in [0.717, 1.165) is 24.5 Å². The number of aromatic nitrogens is 1. The Labute approximate surface area is 166 Å². The molecule has 3 rings (SSSR count). The Hall–Kier alpha value is -2.89. The molecular weight excluding hydrogens is 352 g/mol. The van der Waals surface area contributed by atoms with E-state index in [4.69, 9.17) is 0 Å². The standard InChI is InChI=1S/C22H28N4O2/c1-16(2)21(25-20(27)14-17-8-4-3-5-9-17)22(28)24-18-10-11-19(23-15-18)26-12-6-7-13-26/h3-5,8-11,15-16,21H,6-7,12-14H2,1-2H3,(H,24,28)(H,25,27). The molecule has 1 atom stereocenters. The lowest BCUT2D eigenvalue weighted by Gasteiger charge is -2.22. The summed E-state index contributed by atoms with van der Waals surface area (Å²) < 4.78 is 0. The number of carbonyl (C=O) groups is 2. The van der Waals surface area contributed by atoms with Crippen molar-refractivity contribution >= 4 is 23.3 Å². The number of hydrogen-bond acceptors (Lipinski definition) is 4. The minimum absolute atomic E-state index is 0.0310. The third-order valence-corrected chi connectivity index (χ3v) is 4.92. The topological polar surface area (TPSA) is 74.3 Å². The fraction of sp³-hybridized carbons (Fsp3) is 0.409. The van der Waals surface area contributed by atoms with Crippen molar-refractivity contribution in [3.8, 4) is 0 Å². The predicted octanol–water partition coefficient (Wildman–Crippen LogP) is 3.00. The van der Waals surface area contributed by atoms with Gasteiger partial charge in [0.25, 0.3) is 0 Å². The van der Waals surface area contributed by atoms with Crippen LogP contribution in [0.25, 0.3) is 0 Å². The van der Waals surface area contributed by atoms with Gasteiger partial charge in [0.2, 0.25) is 11.8 Å². The van der Waals surface area contributed by atoms with E-state index in [1.165, 1.54) is 12.8 Å². The smallest absolute Gasteiger partial charge is 0.247 e. The monoisotopic (exact) mass is 380 g/mol. The van der Waals surface area contributed by atoms with Crippen molar-refractivity contribution in [3.05, 3.63) is 54.2 Å². The molecule has 0 bridgehead atoms. The Morgan fingerprint density at radius 1 is 1.07 bits per heavy atom. The molecule has 0 aliphatic carbocycles. The molecule has 0 spiro atoms. The molecule has 0 radical (unpaired) electrons. The zero-order valence-corrected chi connectivity index (χ0v) is 16.5. The van der Waals surface area contributed by atoms with Gasteiger partial charge >= 0.3 is 0 Å². The summed E-state index contributed by atoms with van der Waals surface area (Å²) in [4.78, 5) is 31.8. The lowest BCUT2D eigenvalue weighted by atomic mass is 10.0. The largest absolute Gasteiger partial charge is 0.357 e. The number of anilines is 2. The Bertz CT molecular complexity index is 784. The van der Waals surface area contributed by atoms with Gasteiger partial charge in [0.1, 0.15) is 11.9 Å². The van der Waals surface area contributed by atoms with Crippen molar-refractivity contribution in [3.63, 3.8) is 0 Å². The van der Waals surface area contributed by atoms with Crippen molar-refractivity contribution < 1.29 is 9.59 Å². The number of amides is 2. The summed E-state index contributed by atoms with van der Waals surface area (Å²) in [5.41, 5.74) is 1.56. The number of hydrogen-bond donors (Lipinski definition) is 2. The van der Waals surface area contributed by atoms with Crippen LogP contribution in [-0.4, -0.2) is 35.9 Å². The summed E-state index contributed by atoms with van der Waals surface area (Å²) in [6.45, 7) is 5.90. The maximum absolute atomic E-state index is 12.7. The molecule has 2 N–H and O–H groups in total. The first-order chi connectivity index (χ1) is 13.5. The van der Waals surface area contributed by atoms with Crippen LogP contribution in [0.15, 0.2) is 48.7 Å². The first kappa shape index (κ1) is 19.9. The van der Waals surface area contributed by atoms with E-state index in [0.29, 0.717) is 5.69 Å². The van der Waals surface area contributed by atoms with Gasteiger partial charge in [-0.2, -0.15) is 0 Å². The second-order valence-corrected chi connectivity index (χ2v) is 7.54. The van der Waals surface area contributed by atoms with Crippen LogP contribution in [-0.2, 0) is 16.0 Å². The molecule has 0 saturated carbocycles. The number of benzene rings is 1. The molecule has 6 heteroatoms. The molecule has 1 aromatic carbocycles. The normalized spacial score (nSPS) is 14.8. The van der Waals surface area contributed by atoms with Gasteiger partial charge in [-0.25, -0.2) is 4.98 Å². The number of pyridine rings is 1. The van der Waals surface area contributed by atoms with Gasteiger partial charge in [-0.05, 0) is 36.5 Å². The van der Waals surface area contributed by atoms with Crippen LogP contribution < -0.4 is 15.5 Å². The number of nitrogens with zero attached hydrogens (tertiary/aromatic N) is 2. The van der Waals surface area contributed by atoms with Crippen molar-refractivity contribution in [1.29, 1.82) is 0 Å². The van der Waals surface area contributed by atoms with Crippen molar-refractivity contribution in [1.82, 2.24) is 10.3 Å².